The van der Waals surface area contributed by atoms with E-state index < -0.39 is 0 Å². The van der Waals surface area contributed by atoms with Crippen LogP contribution < -0.4 is 14.8 Å². The number of fused-ring (bicyclic) bond motifs is 1. The lowest BCUT2D eigenvalue weighted by Gasteiger charge is -2.20. The van der Waals surface area contributed by atoms with Gasteiger partial charge in [-0.05, 0) is 54.8 Å². The molecule has 0 unspecified atom stereocenters. The van der Waals surface area contributed by atoms with E-state index in [1.54, 1.807) is 24.3 Å². The van der Waals surface area contributed by atoms with Crippen LogP contribution in [0.4, 0.5) is 0 Å². The van der Waals surface area contributed by atoms with Gasteiger partial charge in [0.1, 0.15) is 13.2 Å². The number of hydrogen-bond donors (Lipinski definition) is 1. The summed E-state index contributed by atoms with van der Waals surface area (Å²) in [6.07, 6.45) is 0.701. The Bertz CT molecular complexity index is 809. The molecule has 122 valence electrons. The topological polar surface area (TPSA) is 71.4 Å². The molecule has 2 aromatic carbocycles. The zero-order valence-electron chi connectivity index (χ0n) is 13.5. The largest absolute Gasteiger partial charge is 0.486 e. The maximum Gasteiger partial charge on any atom is 0.251 e. The number of carbonyl (C=O) groups is 1. The molecular weight excluding hydrogens is 304 g/mol. The van der Waals surface area contributed by atoms with Crippen molar-refractivity contribution in [1.82, 2.24) is 5.32 Å². The van der Waals surface area contributed by atoms with Gasteiger partial charge in [-0.3, -0.25) is 4.79 Å². The third-order valence-electron chi connectivity index (χ3n) is 3.93. The molecule has 3 rings (SSSR count). The van der Waals surface area contributed by atoms with Crippen molar-refractivity contribution in [3.8, 4) is 17.6 Å². The van der Waals surface area contributed by atoms with Crippen LogP contribution in [0, 0.1) is 18.3 Å². The molecule has 0 bridgehead atoms. The first-order valence-corrected chi connectivity index (χ1v) is 7.85. The smallest absolute Gasteiger partial charge is 0.251 e. The first kappa shape index (κ1) is 15.9. The van der Waals surface area contributed by atoms with Gasteiger partial charge in [0, 0.05) is 12.1 Å². The van der Waals surface area contributed by atoms with Crippen LogP contribution in [-0.4, -0.2) is 25.7 Å². The normalized spacial score (nSPS) is 12.3. The Balaban J connectivity index is 1.62. The Hall–Kier alpha value is -3.00. The third-order valence-corrected chi connectivity index (χ3v) is 3.93. The molecule has 2 aromatic rings. The Morgan fingerprint density at radius 1 is 1.21 bits per heavy atom. The second kappa shape index (κ2) is 7.05. The molecule has 0 radical (unpaired) electrons. The minimum absolute atomic E-state index is 0.178. The lowest BCUT2D eigenvalue weighted by molar-refractivity contribution is 0.0954. The molecular formula is C19H18N2O3. The number of carbonyl (C=O) groups excluding carboxylic acids is 1. The van der Waals surface area contributed by atoms with E-state index in [0.29, 0.717) is 37.3 Å². The second-order valence-electron chi connectivity index (χ2n) is 5.62. The van der Waals surface area contributed by atoms with Crippen LogP contribution in [-0.2, 0) is 6.42 Å². The van der Waals surface area contributed by atoms with E-state index in [9.17, 15) is 4.79 Å². The Morgan fingerprint density at radius 3 is 2.71 bits per heavy atom. The summed E-state index contributed by atoms with van der Waals surface area (Å²) >= 11 is 0. The van der Waals surface area contributed by atoms with E-state index >= 15 is 0 Å². The summed E-state index contributed by atoms with van der Waals surface area (Å²) in [7, 11) is 0. The van der Waals surface area contributed by atoms with Crippen LogP contribution in [0.2, 0.25) is 0 Å². The highest BCUT2D eigenvalue weighted by Gasteiger charge is 2.14. The monoisotopic (exact) mass is 322 g/mol. The molecule has 0 fully saturated rings. The number of ether oxygens (including phenoxy) is 2. The molecule has 0 saturated carbocycles. The molecule has 0 atom stereocenters. The van der Waals surface area contributed by atoms with Crippen molar-refractivity contribution >= 4 is 5.91 Å². The number of rotatable bonds is 4. The van der Waals surface area contributed by atoms with Gasteiger partial charge in [0.05, 0.1) is 11.6 Å². The first-order chi connectivity index (χ1) is 11.7. The number of aryl methyl sites for hydroxylation is 1. The summed E-state index contributed by atoms with van der Waals surface area (Å²) in [4.78, 5) is 12.2. The summed E-state index contributed by atoms with van der Waals surface area (Å²) in [6, 6.07) is 12.7. The van der Waals surface area contributed by atoms with Gasteiger partial charge >= 0.3 is 0 Å². The zero-order valence-corrected chi connectivity index (χ0v) is 13.5. The van der Waals surface area contributed by atoms with Crippen LogP contribution in [0.5, 0.6) is 11.5 Å². The number of nitrogens with zero attached hydrogens (tertiary/aromatic N) is 1. The summed E-state index contributed by atoms with van der Waals surface area (Å²) in [5.41, 5.74) is 3.20. The van der Waals surface area contributed by atoms with E-state index in [-0.39, 0.29) is 5.91 Å². The van der Waals surface area contributed by atoms with E-state index in [1.165, 1.54) is 0 Å². The fourth-order valence-corrected chi connectivity index (χ4v) is 2.64. The molecule has 0 spiro atoms. The molecule has 1 amide bonds. The second-order valence-corrected chi connectivity index (χ2v) is 5.62. The molecule has 1 N–H and O–H groups in total. The van der Waals surface area contributed by atoms with Gasteiger partial charge < -0.3 is 14.8 Å². The van der Waals surface area contributed by atoms with Crippen molar-refractivity contribution in [1.29, 1.82) is 5.26 Å². The van der Waals surface area contributed by atoms with E-state index in [2.05, 4.69) is 5.32 Å². The molecule has 24 heavy (non-hydrogen) atoms. The highest BCUT2D eigenvalue weighted by atomic mass is 16.6. The summed E-state index contributed by atoms with van der Waals surface area (Å²) in [6.45, 7) is 3.66. The van der Waals surface area contributed by atoms with E-state index in [0.717, 1.165) is 22.6 Å². The maximum atomic E-state index is 12.2. The Labute approximate surface area is 140 Å². The molecule has 0 aliphatic carbocycles. The predicted molar refractivity (Wildman–Crippen MR) is 89.4 cm³/mol. The summed E-state index contributed by atoms with van der Waals surface area (Å²) < 4.78 is 11.2. The Kier molecular flexibility index (Phi) is 4.66. The number of hydrogen-bond acceptors (Lipinski definition) is 4. The van der Waals surface area contributed by atoms with Crippen molar-refractivity contribution in [3.63, 3.8) is 0 Å². The van der Waals surface area contributed by atoms with Crippen molar-refractivity contribution in [2.75, 3.05) is 19.8 Å². The summed E-state index contributed by atoms with van der Waals surface area (Å²) in [5, 5.41) is 11.8. The fraction of sp³-hybridized carbons (Fsp3) is 0.263. The van der Waals surface area contributed by atoms with Gasteiger partial charge in [-0.1, -0.05) is 6.07 Å². The average molecular weight is 322 g/mol. The van der Waals surface area contributed by atoms with Gasteiger partial charge in [0.2, 0.25) is 0 Å². The molecule has 0 aromatic heterocycles. The summed E-state index contributed by atoms with van der Waals surface area (Å²) in [5.74, 6) is 1.36. The number of nitriles is 1. The van der Waals surface area contributed by atoms with Gasteiger partial charge in [-0.2, -0.15) is 5.26 Å². The third kappa shape index (κ3) is 3.49. The maximum absolute atomic E-state index is 12.2. The van der Waals surface area contributed by atoms with Crippen LogP contribution >= 0.6 is 0 Å². The first-order valence-electron chi connectivity index (χ1n) is 7.85. The molecule has 0 saturated heterocycles. The molecule has 1 aliphatic heterocycles. The highest BCUT2D eigenvalue weighted by Crippen LogP contribution is 2.33. The fourth-order valence-electron chi connectivity index (χ4n) is 2.64. The van der Waals surface area contributed by atoms with Crippen LogP contribution in [0.25, 0.3) is 0 Å². The lowest BCUT2D eigenvalue weighted by Crippen LogP contribution is -2.26. The van der Waals surface area contributed by atoms with Gasteiger partial charge in [0.25, 0.3) is 5.91 Å². The van der Waals surface area contributed by atoms with Crippen molar-refractivity contribution in [2.45, 2.75) is 13.3 Å². The number of amides is 1. The van der Waals surface area contributed by atoms with Crippen molar-refractivity contribution in [2.24, 2.45) is 0 Å². The van der Waals surface area contributed by atoms with Crippen LogP contribution in [0.3, 0.4) is 0 Å². The van der Waals surface area contributed by atoms with Gasteiger partial charge in [-0.15, -0.1) is 0 Å². The van der Waals surface area contributed by atoms with Crippen molar-refractivity contribution < 1.29 is 14.3 Å². The molecule has 1 aliphatic rings. The minimum atomic E-state index is -0.178. The van der Waals surface area contributed by atoms with Crippen molar-refractivity contribution in [3.05, 3.63) is 58.7 Å². The predicted octanol–water partition coefficient (Wildman–Crippen LogP) is 2.61. The quantitative estimate of drug-likeness (QED) is 0.939. The highest BCUT2D eigenvalue weighted by molar-refractivity contribution is 5.94. The molecule has 5 heteroatoms. The lowest BCUT2D eigenvalue weighted by atomic mass is 10.0. The van der Waals surface area contributed by atoms with Crippen LogP contribution in [0.15, 0.2) is 36.4 Å². The average Bonchev–Trinajstić information content (AvgIpc) is 2.62. The molecule has 1 heterocycles. The number of nitrogens with one attached hydrogen (secondary N) is 1. The minimum Gasteiger partial charge on any atom is -0.486 e. The Morgan fingerprint density at radius 2 is 1.96 bits per heavy atom. The van der Waals surface area contributed by atoms with Gasteiger partial charge in [0.15, 0.2) is 11.5 Å². The SMILES string of the molecule is Cc1cc2c(cc1CCNC(=O)c1cccc(C#N)c1)OCCO2. The number of benzene rings is 2. The van der Waals surface area contributed by atoms with E-state index in [1.807, 2.05) is 25.1 Å². The van der Waals surface area contributed by atoms with Crippen LogP contribution in [0.1, 0.15) is 27.0 Å². The van der Waals surface area contributed by atoms with E-state index in [4.69, 9.17) is 14.7 Å². The van der Waals surface area contributed by atoms with Gasteiger partial charge in [-0.25, -0.2) is 0 Å². The standard InChI is InChI=1S/C19H18N2O3/c1-13-9-17-18(24-8-7-23-17)11-15(13)5-6-21-19(22)16-4-2-3-14(10-16)12-20/h2-4,9-11H,5-8H2,1H3,(H,21,22). The zero-order chi connectivity index (χ0) is 16.9. The molecule has 5 nitrogen and oxygen atoms in total.